The average Bonchev–Trinajstić information content (AvgIpc) is 2.95. The maximum atomic E-state index is 5.36. The van der Waals surface area contributed by atoms with Crippen LogP contribution in [0.1, 0.15) is 5.56 Å². The second kappa shape index (κ2) is 6.20. The zero-order valence-electron chi connectivity index (χ0n) is 12.0. The van der Waals surface area contributed by atoms with Crippen LogP contribution in [-0.4, -0.2) is 47.5 Å². The van der Waals surface area contributed by atoms with Crippen molar-refractivity contribution in [3.8, 4) is 11.1 Å². The van der Waals surface area contributed by atoms with Gasteiger partial charge in [0.2, 0.25) is 0 Å². The maximum absolute atomic E-state index is 5.36. The standard InChI is InChI=1S/C16H21N3O/c1-14-3-2-4-15(11-14)16-12-17-19(13-16)6-5-18-7-9-20-10-8-18/h2-4,11-13H,5-10H2,1H3. The van der Waals surface area contributed by atoms with E-state index in [1.54, 1.807) is 0 Å². The van der Waals surface area contributed by atoms with E-state index >= 15 is 0 Å². The highest BCUT2D eigenvalue weighted by Crippen LogP contribution is 2.19. The van der Waals surface area contributed by atoms with Crippen molar-refractivity contribution in [2.45, 2.75) is 13.5 Å². The number of nitrogens with zero attached hydrogens (tertiary/aromatic N) is 3. The Bertz CT molecular complexity index is 558. The number of hydrogen-bond donors (Lipinski definition) is 0. The summed E-state index contributed by atoms with van der Waals surface area (Å²) in [7, 11) is 0. The van der Waals surface area contributed by atoms with Crippen molar-refractivity contribution in [1.82, 2.24) is 14.7 Å². The van der Waals surface area contributed by atoms with E-state index in [0.29, 0.717) is 0 Å². The van der Waals surface area contributed by atoms with E-state index in [4.69, 9.17) is 4.74 Å². The zero-order valence-corrected chi connectivity index (χ0v) is 12.0. The minimum Gasteiger partial charge on any atom is -0.379 e. The lowest BCUT2D eigenvalue weighted by Gasteiger charge is -2.26. The van der Waals surface area contributed by atoms with Crippen molar-refractivity contribution in [3.63, 3.8) is 0 Å². The molecule has 0 N–H and O–H groups in total. The molecule has 0 bridgehead atoms. The van der Waals surface area contributed by atoms with E-state index in [9.17, 15) is 0 Å². The molecule has 3 rings (SSSR count). The molecule has 1 aliphatic heterocycles. The molecule has 0 spiro atoms. The number of rotatable bonds is 4. The van der Waals surface area contributed by atoms with Crippen LogP contribution >= 0.6 is 0 Å². The highest BCUT2D eigenvalue weighted by atomic mass is 16.5. The van der Waals surface area contributed by atoms with Crippen LogP contribution < -0.4 is 0 Å². The summed E-state index contributed by atoms with van der Waals surface area (Å²) in [5, 5.41) is 4.47. The van der Waals surface area contributed by atoms with Gasteiger partial charge in [0, 0.05) is 31.4 Å². The Morgan fingerprint density at radius 3 is 2.80 bits per heavy atom. The van der Waals surface area contributed by atoms with Crippen LogP contribution in [0.15, 0.2) is 36.7 Å². The van der Waals surface area contributed by atoms with Gasteiger partial charge in [0.05, 0.1) is 26.0 Å². The topological polar surface area (TPSA) is 30.3 Å². The zero-order chi connectivity index (χ0) is 13.8. The third kappa shape index (κ3) is 3.26. The van der Waals surface area contributed by atoms with Crippen LogP contribution in [0.4, 0.5) is 0 Å². The molecule has 0 atom stereocenters. The van der Waals surface area contributed by atoms with Crippen LogP contribution in [0.25, 0.3) is 11.1 Å². The molecule has 0 saturated carbocycles. The summed E-state index contributed by atoms with van der Waals surface area (Å²) < 4.78 is 7.40. The van der Waals surface area contributed by atoms with Gasteiger partial charge in [-0.2, -0.15) is 5.10 Å². The van der Waals surface area contributed by atoms with Crippen molar-refractivity contribution < 1.29 is 4.74 Å². The van der Waals surface area contributed by atoms with Crippen molar-refractivity contribution in [2.75, 3.05) is 32.8 Å². The van der Waals surface area contributed by atoms with Gasteiger partial charge in [0.15, 0.2) is 0 Å². The largest absolute Gasteiger partial charge is 0.379 e. The fourth-order valence-electron chi connectivity index (χ4n) is 2.53. The van der Waals surface area contributed by atoms with Crippen LogP contribution in [0.2, 0.25) is 0 Å². The Labute approximate surface area is 120 Å². The fraction of sp³-hybridized carbons (Fsp3) is 0.438. The summed E-state index contributed by atoms with van der Waals surface area (Å²) in [5.41, 5.74) is 3.71. The van der Waals surface area contributed by atoms with Gasteiger partial charge in [-0.25, -0.2) is 0 Å². The molecule has 1 aliphatic rings. The molecule has 1 fully saturated rings. The second-order valence-electron chi connectivity index (χ2n) is 5.32. The first kappa shape index (κ1) is 13.3. The van der Waals surface area contributed by atoms with Crippen LogP contribution in [0.3, 0.4) is 0 Å². The minimum absolute atomic E-state index is 0.855. The van der Waals surface area contributed by atoms with Crippen molar-refractivity contribution in [2.24, 2.45) is 0 Å². The van der Waals surface area contributed by atoms with Gasteiger partial charge in [-0.1, -0.05) is 29.8 Å². The number of morpholine rings is 1. The first-order valence-electron chi connectivity index (χ1n) is 7.21. The predicted octanol–water partition coefficient (Wildman–Crippen LogP) is 2.19. The van der Waals surface area contributed by atoms with E-state index in [2.05, 4.69) is 47.4 Å². The lowest BCUT2D eigenvalue weighted by molar-refractivity contribution is 0.0360. The molecule has 1 saturated heterocycles. The Morgan fingerprint density at radius 2 is 2.00 bits per heavy atom. The molecule has 106 valence electrons. The van der Waals surface area contributed by atoms with Gasteiger partial charge < -0.3 is 4.74 Å². The van der Waals surface area contributed by atoms with Crippen LogP contribution in [0.5, 0.6) is 0 Å². The maximum Gasteiger partial charge on any atom is 0.0594 e. The molecule has 4 heteroatoms. The number of hydrogen-bond acceptors (Lipinski definition) is 3. The monoisotopic (exact) mass is 271 g/mol. The molecule has 0 radical (unpaired) electrons. The number of benzene rings is 1. The normalized spacial score (nSPS) is 16.4. The van der Waals surface area contributed by atoms with Crippen LogP contribution in [0, 0.1) is 6.92 Å². The van der Waals surface area contributed by atoms with Crippen molar-refractivity contribution in [3.05, 3.63) is 42.2 Å². The molecule has 1 aromatic heterocycles. The molecular weight excluding hydrogens is 250 g/mol. The number of aryl methyl sites for hydroxylation is 1. The summed E-state index contributed by atoms with van der Waals surface area (Å²) in [6.45, 7) is 7.87. The Morgan fingerprint density at radius 1 is 1.15 bits per heavy atom. The van der Waals surface area contributed by atoms with Gasteiger partial charge >= 0.3 is 0 Å². The SMILES string of the molecule is Cc1cccc(-c2cnn(CCN3CCOCC3)c2)c1. The molecule has 0 amide bonds. The van der Waals surface area contributed by atoms with Crippen molar-refractivity contribution in [1.29, 1.82) is 0 Å². The lowest BCUT2D eigenvalue weighted by atomic mass is 10.1. The highest BCUT2D eigenvalue weighted by Gasteiger charge is 2.10. The highest BCUT2D eigenvalue weighted by molar-refractivity contribution is 5.62. The van der Waals surface area contributed by atoms with Gasteiger partial charge in [-0.15, -0.1) is 0 Å². The summed E-state index contributed by atoms with van der Waals surface area (Å²) in [4.78, 5) is 2.43. The predicted molar refractivity (Wildman–Crippen MR) is 79.7 cm³/mol. The summed E-state index contributed by atoms with van der Waals surface area (Å²) in [6.07, 6.45) is 4.09. The molecule has 0 unspecified atom stereocenters. The first-order chi connectivity index (χ1) is 9.81. The van der Waals surface area contributed by atoms with Gasteiger partial charge in [0.25, 0.3) is 0 Å². The fourth-order valence-corrected chi connectivity index (χ4v) is 2.53. The van der Waals surface area contributed by atoms with E-state index in [0.717, 1.165) is 39.4 Å². The van der Waals surface area contributed by atoms with Gasteiger partial charge in [0.1, 0.15) is 0 Å². The Hall–Kier alpha value is -1.65. The molecule has 2 aromatic rings. The van der Waals surface area contributed by atoms with Gasteiger partial charge in [-0.3, -0.25) is 9.58 Å². The van der Waals surface area contributed by atoms with Crippen molar-refractivity contribution >= 4 is 0 Å². The van der Waals surface area contributed by atoms with E-state index < -0.39 is 0 Å². The van der Waals surface area contributed by atoms with E-state index in [-0.39, 0.29) is 0 Å². The summed E-state index contributed by atoms with van der Waals surface area (Å²) in [6, 6.07) is 8.54. The van der Waals surface area contributed by atoms with Crippen LogP contribution in [-0.2, 0) is 11.3 Å². The lowest BCUT2D eigenvalue weighted by Crippen LogP contribution is -2.38. The van der Waals surface area contributed by atoms with E-state index in [1.165, 1.54) is 16.7 Å². The van der Waals surface area contributed by atoms with E-state index in [1.807, 2.05) is 10.9 Å². The van der Waals surface area contributed by atoms with Gasteiger partial charge in [-0.05, 0) is 12.5 Å². The average molecular weight is 271 g/mol. The number of ether oxygens (including phenoxy) is 1. The molecule has 1 aromatic carbocycles. The third-order valence-corrected chi connectivity index (χ3v) is 3.73. The Kier molecular flexibility index (Phi) is 4.14. The summed E-state index contributed by atoms with van der Waals surface area (Å²) in [5.74, 6) is 0. The first-order valence-corrected chi connectivity index (χ1v) is 7.21. The second-order valence-corrected chi connectivity index (χ2v) is 5.32. The molecule has 2 heterocycles. The molecule has 0 aliphatic carbocycles. The Balaban J connectivity index is 1.61. The number of aromatic nitrogens is 2. The summed E-state index contributed by atoms with van der Waals surface area (Å²) >= 11 is 0. The minimum atomic E-state index is 0.855. The molecule has 4 nitrogen and oxygen atoms in total. The third-order valence-electron chi connectivity index (χ3n) is 3.73. The smallest absolute Gasteiger partial charge is 0.0594 e. The quantitative estimate of drug-likeness (QED) is 0.854. The molecular formula is C16H21N3O. The molecule has 20 heavy (non-hydrogen) atoms.